The van der Waals surface area contributed by atoms with Crippen LogP contribution in [0.15, 0.2) is 44.2 Å². The van der Waals surface area contributed by atoms with Gasteiger partial charge in [-0.1, -0.05) is 18.2 Å². The number of thioether (sulfide) groups is 1. The third-order valence-electron chi connectivity index (χ3n) is 4.08. The predicted octanol–water partition coefficient (Wildman–Crippen LogP) is 5.07. The lowest BCUT2D eigenvalue weighted by molar-refractivity contribution is -0.385. The van der Waals surface area contributed by atoms with E-state index in [9.17, 15) is 24.8 Å². The second-order valence-corrected chi connectivity index (χ2v) is 8.43. The molecule has 0 unspecified atom stereocenters. The highest BCUT2D eigenvalue weighted by molar-refractivity contribution is 9.13. The summed E-state index contributed by atoms with van der Waals surface area (Å²) in [6, 6.07) is 7.47. The quantitative estimate of drug-likeness (QED) is 0.318. The molecule has 150 valence electrons. The summed E-state index contributed by atoms with van der Waals surface area (Å²) in [4.78, 5) is 36.8. The van der Waals surface area contributed by atoms with Crippen molar-refractivity contribution in [3.05, 3.63) is 65.4 Å². The van der Waals surface area contributed by atoms with Crippen LogP contribution in [0.2, 0.25) is 0 Å². The molecule has 8 nitrogen and oxygen atoms in total. The van der Waals surface area contributed by atoms with Gasteiger partial charge in [0.05, 0.1) is 23.5 Å². The van der Waals surface area contributed by atoms with Gasteiger partial charge in [-0.15, -0.1) is 0 Å². The fourth-order valence-electron chi connectivity index (χ4n) is 2.66. The lowest BCUT2D eigenvalue weighted by atomic mass is 10.1. The van der Waals surface area contributed by atoms with E-state index in [1.165, 1.54) is 31.4 Å². The Balaban J connectivity index is 1.97. The van der Waals surface area contributed by atoms with Crippen molar-refractivity contribution in [2.24, 2.45) is 0 Å². The molecule has 0 atom stereocenters. The maximum absolute atomic E-state index is 12.8. The number of phenols is 1. The second kappa shape index (κ2) is 8.56. The molecule has 0 aromatic heterocycles. The highest BCUT2D eigenvalue weighted by Crippen LogP contribution is 2.43. The van der Waals surface area contributed by atoms with Crippen molar-refractivity contribution < 1.29 is 24.4 Å². The molecule has 1 saturated heterocycles. The molecule has 2 aromatic rings. The van der Waals surface area contributed by atoms with Gasteiger partial charge in [0.25, 0.3) is 16.8 Å². The van der Waals surface area contributed by atoms with Crippen molar-refractivity contribution in [2.75, 3.05) is 7.11 Å². The molecule has 2 aromatic carbocycles. The number of hydrogen-bond acceptors (Lipinski definition) is 7. The van der Waals surface area contributed by atoms with Crippen LogP contribution >= 0.6 is 43.6 Å². The van der Waals surface area contributed by atoms with Gasteiger partial charge in [0.15, 0.2) is 11.5 Å². The van der Waals surface area contributed by atoms with Crippen molar-refractivity contribution in [3.63, 3.8) is 0 Å². The van der Waals surface area contributed by atoms with Crippen LogP contribution in [-0.4, -0.2) is 33.2 Å². The number of rotatable bonds is 5. The molecule has 1 aliphatic heterocycles. The second-order valence-electron chi connectivity index (χ2n) is 5.79. The first-order valence-electron chi connectivity index (χ1n) is 7.97. The number of nitrogens with zero attached hydrogens (tertiary/aromatic N) is 2. The average molecular weight is 544 g/mol. The Bertz CT molecular complexity index is 1070. The van der Waals surface area contributed by atoms with Gasteiger partial charge in [0, 0.05) is 26.1 Å². The highest BCUT2D eigenvalue weighted by Gasteiger charge is 2.36. The molecule has 0 saturated carbocycles. The first-order chi connectivity index (χ1) is 13.7. The van der Waals surface area contributed by atoms with Crippen molar-refractivity contribution in [1.82, 2.24) is 4.90 Å². The van der Waals surface area contributed by atoms with Gasteiger partial charge in [-0.25, -0.2) is 0 Å². The van der Waals surface area contributed by atoms with Crippen LogP contribution in [-0.2, 0) is 11.3 Å². The summed E-state index contributed by atoms with van der Waals surface area (Å²) in [5, 5.41) is 21.0. The molecule has 1 N–H and O–H groups in total. The number of halogens is 2. The molecule has 1 heterocycles. The maximum atomic E-state index is 12.8. The van der Waals surface area contributed by atoms with Crippen LogP contribution in [0.3, 0.4) is 0 Å². The van der Waals surface area contributed by atoms with Crippen LogP contribution in [0, 0.1) is 10.1 Å². The Morgan fingerprint density at radius 3 is 2.66 bits per heavy atom. The van der Waals surface area contributed by atoms with Gasteiger partial charge in [-0.05, 0) is 55.8 Å². The molecule has 11 heteroatoms. The van der Waals surface area contributed by atoms with E-state index in [1.54, 1.807) is 12.1 Å². The first kappa shape index (κ1) is 21.3. The Hall–Kier alpha value is -2.37. The Morgan fingerprint density at radius 1 is 1.31 bits per heavy atom. The fraction of sp³-hybridized carbons (Fsp3) is 0.111. The van der Waals surface area contributed by atoms with Crippen LogP contribution in [0.4, 0.5) is 10.5 Å². The van der Waals surface area contributed by atoms with Gasteiger partial charge in [-0.2, -0.15) is 0 Å². The molecule has 29 heavy (non-hydrogen) atoms. The Kier molecular flexibility index (Phi) is 6.30. The standard InChI is InChI=1S/C18H12Br2N2O6S/c1-28-13-7-11(19)15(20)10(16(13)23)6-14-17(24)21(18(25)29-14)8-9-4-2-3-5-12(9)22(26)27/h2-7,23H,8H2,1H3/b14-6-. The van der Waals surface area contributed by atoms with Crippen LogP contribution in [0.25, 0.3) is 6.08 Å². The number of benzene rings is 2. The number of para-hydroxylation sites is 1. The number of aromatic hydroxyl groups is 1. The first-order valence-corrected chi connectivity index (χ1v) is 10.4. The zero-order chi connectivity index (χ0) is 21.3. The van der Waals surface area contributed by atoms with E-state index in [0.29, 0.717) is 20.7 Å². The van der Waals surface area contributed by atoms with Gasteiger partial charge >= 0.3 is 0 Å². The third kappa shape index (κ3) is 4.16. The number of ether oxygens (including phenoxy) is 1. The van der Waals surface area contributed by atoms with Gasteiger partial charge in [0.1, 0.15) is 0 Å². The SMILES string of the molecule is COc1cc(Br)c(Br)c(/C=C2\SC(=O)N(Cc3ccccc3[N+](=O)[O-])C2=O)c1O. The monoisotopic (exact) mass is 542 g/mol. The molecule has 1 fully saturated rings. The maximum Gasteiger partial charge on any atom is 0.293 e. The van der Waals surface area contributed by atoms with E-state index in [2.05, 4.69) is 31.9 Å². The average Bonchev–Trinajstić information content (AvgIpc) is 2.95. The van der Waals surface area contributed by atoms with Crippen molar-refractivity contribution in [1.29, 1.82) is 0 Å². The number of carbonyl (C=O) groups is 2. The number of nitro groups is 1. The lowest BCUT2D eigenvalue weighted by Gasteiger charge is -2.13. The topological polar surface area (TPSA) is 110 Å². The van der Waals surface area contributed by atoms with E-state index in [1.807, 2.05) is 0 Å². The molecule has 2 amide bonds. The fourth-order valence-corrected chi connectivity index (χ4v) is 4.32. The summed E-state index contributed by atoms with van der Waals surface area (Å²) >= 11 is 7.34. The van der Waals surface area contributed by atoms with E-state index >= 15 is 0 Å². The zero-order valence-corrected chi connectivity index (χ0v) is 18.7. The number of amides is 2. The molecule has 0 aliphatic carbocycles. The minimum absolute atomic E-state index is 0.0738. The number of imide groups is 1. The van der Waals surface area contributed by atoms with Crippen LogP contribution in [0.5, 0.6) is 11.5 Å². The number of carbonyl (C=O) groups excluding carboxylic acids is 2. The molecular weight excluding hydrogens is 532 g/mol. The lowest BCUT2D eigenvalue weighted by Crippen LogP contribution is -2.27. The minimum atomic E-state index is -0.608. The predicted molar refractivity (Wildman–Crippen MR) is 115 cm³/mol. The molecular formula is C18H12Br2N2O6S. The summed E-state index contributed by atoms with van der Waals surface area (Å²) in [7, 11) is 1.39. The summed E-state index contributed by atoms with van der Waals surface area (Å²) in [5.41, 5.74) is 0.328. The summed E-state index contributed by atoms with van der Waals surface area (Å²) in [6.07, 6.45) is 1.37. The Labute approximate surface area is 185 Å². The summed E-state index contributed by atoms with van der Waals surface area (Å²) < 4.78 is 6.16. The summed E-state index contributed by atoms with van der Waals surface area (Å²) in [5.74, 6) is -0.623. The van der Waals surface area contributed by atoms with Crippen molar-refractivity contribution in [2.45, 2.75) is 6.54 Å². The smallest absolute Gasteiger partial charge is 0.293 e. The number of methoxy groups -OCH3 is 1. The van der Waals surface area contributed by atoms with Crippen LogP contribution < -0.4 is 4.74 Å². The minimum Gasteiger partial charge on any atom is -0.504 e. The Morgan fingerprint density at radius 2 is 2.00 bits per heavy atom. The van der Waals surface area contributed by atoms with E-state index in [-0.39, 0.29) is 39.8 Å². The third-order valence-corrected chi connectivity index (χ3v) is 7.00. The highest BCUT2D eigenvalue weighted by atomic mass is 79.9. The molecule has 0 radical (unpaired) electrons. The zero-order valence-electron chi connectivity index (χ0n) is 14.7. The summed E-state index contributed by atoms with van der Waals surface area (Å²) in [6.45, 7) is -0.228. The van der Waals surface area contributed by atoms with Crippen molar-refractivity contribution >= 4 is 66.5 Å². The molecule has 0 bridgehead atoms. The van der Waals surface area contributed by atoms with Gasteiger partial charge in [0.2, 0.25) is 0 Å². The van der Waals surface area contributed by atoms with Gasteiger partial charge < -0.3 is 9.84 Å². The number of hydrogen-bond donors (Lipinski definition) is 1. The molecule has 1 aliphatic rings. The van der Waals surface area contributed by atoms with E-state index in [0.717, 1.165) is 4.90 Å². The van der Waals surface area contributed by atoms with Gasteiger partial charge in [-0.3, -0.25) is 24.6 Å². The largest absolute Gasteiger partial charge is 0.504 e. The van der Waals surface area contributed by atoms with E-state index in [4.69, 9.17) is 4.74 Å². The number of nitro benzene ring substituents is 1. The molecule has 0 spiro atoms. The number of phenolic OH excluding ortho intramolecular Hbond substituents is 1. The van der Waals surface area contributed by atoms with Crippen LogP contribution in [0.1, 0.15) is 11.1 Å². The normalized spacial score (nSPS) is 15.3. The van der Waals surface area contributed by atoms with Crippen molar-refractivity contribution in [3.8, 4) is 11.5 Å². The van der Waals surface area contributed by atoms with E-state index < -0.39 is 16.1 Å². The molecule has 3 rings (SSSR count).